The Balaban J connectivity index is 1.65. The second-order valence-electron chi connectivity index (χ2n) is 10.4. The number of hydrogen-bond donors (Lipinski definition) is 1. The van der Waals surface area contributed by atoms with Gasteiger partial charge in [0.05, 0.1) is 10.6 Å². The highest BCUT2D eigenvalue weighted by Gasteiger charge is 2.34. The minimum Gasteiger partial charge on any atom is -0.352 e. The largest absolute Gasteiger partial charge is 0.352 e. The van der Waals surface area contributed by atoms with Gasteiger partial charge in [-0.2, -0.15) is 0 Å². The molecule has 1 N–H and O–H groups in total. The summed E-state index contributed by atoms with van der Waals surface area (Å²) < 4.78 is 28.8. The van der Waals surface area contributed by atoms with E-state index in [0.29, 0.717) is 23.6 Å². The number of sulfonamides is 1. The van der Waals surface area contributed by atoms with Crippen molar-refractivity contribution in [2.24, 2.45) is 0 Å². The molecule has 3 aromatic rings. The van der Waals surface area contributed by atoms with Gasteiger partial charge in [0.15, 0.2) is 0 Å². The molecule has 0 saturated heterocycles. The topological polar surface area (TPSA) is 86.8 Å². The van der Waals surface area contributed by atoms with E-state index >= 15 is 0 Å². The maximum Gasteiger partial charge on any atom is 0.264 e. The van der Waals surface area contributed by atoms with Gasteiger partial charge in [-0.15, -0.1) is 0 Å². The van der Waals surface area contributed by atoms with Gasteiger partial charge < -0.3 is 10.2 Å². The molecule has 4 rings (SSSR count). The summed E-state index contributed by atoms with van der Waals surface area (Å²) in [5.41, 5.74) is 1.34. The molecular weight excluding hydrogens is 558 g/mol. The van der Waals surface area contributed by atoms with E-state index in [1.54, 1.807) is 47.4 Å². The zero-order valence-corrected chi connectivity index (χ0v) is 25.0. The van der Waals surface area contributed by atoms with E-state index in [2.05, 4.69) is 5.32 Å². The smallest absolute Gasteiger partial charge is 0.264 e. The fourth-order valence-corrected chi connectivity index (χ4v) is 6.86. The zero-order chi connectivity index (χ0) is 29.2. The van der Waals surface area contributed by atoms with Crippen molar-refractivity contribution in [3.8, 4) is 0 Å². The van der Waals surface area contributed by atoms with Crippen molar-refractivity contribution in [1.29, 1.82) is 0 Å². The highest BCUT2D eigenvalue weighted by atomic mass is 35.5. The van der Waals surface area contributed by atoms with Gasteiger partial charge in [-0.1, -0.05) is 86.3 Å². The van der Waals surface area contributed by atoms with Crippen molar-refractivity contribution >= 4 is 39.1 Å². The van der Waals surface area contributed by atoms with Crippen LogP contribution in [0, 0.1) is 0 Å². The molecule has 7 nitrogen and oxygen atoms in total. The van der Waals surface area contributed by atoms with Gasteiger partial charge in [0.25, 0.3) is 10.0 Å². The standard InChI is InChI=1S/C32H38ClN3O4S/c1-2-30(32(38)34-27-14-8-4-9-15-27)35(23-22-25-12-6-3-7-13-25)31(37)24-36(28-20-18-26(33)19-21-28)41(39,40)29-16-10-5-11-17-29/h3,5-7,10-13,16-21,27,30H,2,4,8-9,14-15,22-24H2,1H3,(H,34,38)/t30-/m0/s1. The molecule has 1 aliphatic carbocycles. The maximum absolute atomic E-state index is 14.1. The third-order valence-electron chi connectivity index (χ3n) is 7.55. The van der Waals surface area contributed by atoms with Crippen LogP contribution in [0.5, 0.6) is 0 Å². The van der Waals surface area contributed by atoms with E-state index in [1.807, 2.05) is 37.3 Å². The Kier molecular flexibility index (Phi) is 10.8. The fourth-order valence-electron chi connectivity index (χ4n) is 5.30. The second-order valence-corrected chi connectivity index (χ2v) is 12.7. The number of halogens is 1. The number of anilines is 1. The second kappa shape index (κ2) is 14.5. The molecule has 1 atom stereocenters. The van der Waals surface area contributed by atoms with Crippen LogP contribution in [-0.4, -0.2) is 50.3 Å². The number of nitrogens with zero attached hydrogens (tertiary/aromatic N) is 2. The van der Waals surface area contributed by atoms with E-state index < -0.39 is 28.5 Å². The van der Waals surface area contributed by atoms with Crippen LogP contribution in [0.15, 0.2) is 89.8 Å². The number of amides is 2. The Labute approximate surface area is 248 Å². The van der Waals surface area contributed by atoms with Crippen molar-refractivity contribution in [3.05, 3.63) is 95.5 Å². The highest BCUT2D eigenvalue weighted by molar-refractivity contribution is 7.92. The van der Waals surface area contributed by atoms with Crippen LogP contribution in [0.25, 0.3) is 0 Å². The molecule has 0 bridgehead atoms. The molecule has 1 saturated carbocycles. The van der Waals surface area contributed by atoms with E-state index in [1.165, 1.54) is 18.6 Å². The molecule has 0 radical (unpaired) electrons. The lowest BCUT2D eigenvalue weighted by Gasteiger charge is -2.34. The summed E-state index contributed by atoms with van der Waals surface area (Å²) in [6.07, 6.45) is 6.12. The number of rotatable bonds is 12. The molecule has 0 heterocycles. The lowest BCUT2D eigenvalue weighted by Crippen LogP contribution is -2.54. The first kappa shape index (κ1) is 30.6. The Morgan fingerprint density at radius 2 is 1.51 bits per heavy atom. The predicted molar refractivity (Wildman–Crippen MR) is 163 cm³/mol. The quantitative estimate of drug-likeness (QED) is 0.285. The molecule has 0 aliphatic heterocycles. The van der Waals surface area contributed by atoms with Crippen LogP contribution in [0.3, 0.4) is 0 Å². The fraction of sp³-hybridized carbons (Fsp3) is 0.375. The summed E-state index contributed by atoms with van der Waals surface area (Å²) in [7, 11) is -4.10. The van der Waals surface area contributed by atoms with Crippen molar-refractivity contribution < 1.29 is 18.0 Å². The first-order valence-electron chi connectivity index (χ1n) is 14.3. The minimum absolute atomic E-state index is 0.0701. The summed E-state index contributed by atoms with van der Waals surface area (Å²) in [6, 6.07) is 23.5. The molecule has 3 aromatic carbocycles. The lowest BCUT2D eigenvalue weighted by atomic mass is 9.95. The summed E-state index contributed by atoms with van der Waals surface area (Å²) in [5, 5.41) is 3.62. The van der Waals surface area contributed by atoms with Crippen LogP contribution < -0.4 is 9.62 Å². The Bertz CT molecular complexity index is 1380. The van der Waals surface area contributed by atoms with Gasteiger partial charge in [-0.3, -0.25) is 13.9 Å². The molecule has 0 unspecified atom stereocenters. The van der Waals surface area contributed by atoms with E-state index in [4.69, 9.17) is 11.6 Å². The van der Waals surface area contributed by atoms with Gasteiger partial charge in [0.2, 0.25) is 11.8 Å². The Morgan fingerprint density at radius 3 is 2.12 bits per heavy atom. The summed E-state index contributed by atoms with van der Waals surface area (Å²) in [6.45, 7) is 1.70. The van der Waals surface area contributed by atoms with E-state index in [-0.39, 0.29) is 23.4 Å². The van der Waals surface area contributed by atoms with Gasteiger partial charge in [0, 0.05) is 17.6 Å². The average Bonchev–Trinajstić information content (AvgIpc) is 2.99. The van der Waals surface area contributed by atoms with Crippen LogP contribution >= 0.6 is 11.6 Å². The third-order valence-corrected chi connectivity index (χ3v) is 9.59. The van der Waals surface area contributed by atoms with Crippen LogP contribution in [0.1, 0.15) is 51.0 Å². The molecule has 218 valence electrons. The SMILES string of the molecule is CC[C@@H](C(=O)NC1CCCCC1)N(CCc1ccccc1)C(=O)CN(c1ccc(Cl)cc1)S(=O)(=O)c1ccccc1. The third kappa shape index (κ3) is 8.11. The first-order chi connectivity index (χ1) is 19.8. The van der Waals surface area contributed by atoms with Gasteiger partial charge >= 0.3 is 0 Å². The molecule has 0 aromatic heterocycles. The number of benzene rings is 3. The van der Waals surface area contributed by atoms with Gasteiger partial charge in [-0.05, 0) is 67.6 Å². The summed E-state index contributed by atoms with van der Waals surface area (Å²) >= 11 is 6.09. The average molecular weight is 596 g/mol. The van der Waals surface area contributed by atoms with Crippen molar-refractivity contribution in [2.75, 3.05) is 17.4 Å². The maximum atomic E-state index is 14.1. The summed E-state index contributed by atoms with van der Waals surface area (Å²) in [4.78, 5) is 29.3. The van der Waals surface area contributed by atoms with Gasteiger partial charge in [0.1, 0.15) is 12.6 Å². The lowest BCUT2D eigenvalue weighted by molar-refractivity contribution is -0.140. The molecule has 9 heteroatoms. The van der Waals surface area contributed by atoms with Crippen molar-refractivity contribution in [3.63, 3.8) is 0 Å². The monoisotopic (exact) mass is 595 g/mol. The Morgan fingerprint density at radius 1 is 0.902 bits per heavy atom. The number of hydrogen-bond acceptors (Lipinski definition) is 4. The molecule has 1 fully saturated rings. The molecule has 41 heavy (non-hydrogen) atoms. The molecule has 0 spiro atoms. The number of carbonyl (C=O) groups excluding carboxylic acids is 2. The number of nitrogens with one attached hydrogen (secondary N) is 1. The van der Waals surface area contributed by atoms with Crippen LogP contribution in [-0.2, 0) is 26.0 Å². The van der Waals surface area contributed by atoms with Crippen molar-refractivity contribution in [1.82, 2.24) is 10.2 Å². The first-order valence-corrected chi connectivity index (χ1v) is 16.1. The summed E-state index contributed by atoms with van der Waals surface area (Å²) in [5.74, 6) is -0.634. The van der Waals surface area contributed by atoms with Crippen LogP contribution in [0.4, 0.5) is 5.69 Å². The number of carbonyl (C=O) groups is 2. The van der Waals surface area contributed by atoms with E-state index in [0.717, 1.165) is 35.6 Å². The molecule has 1 aliphatic rings. The van der Waals surface area contributed by atoms with Gasteiger partial charge in [-0.25, -0.2) is 8.42 Å². The highest BCUT2D eigenvalue weighted by Crippen LogP contribution is 2.26. The zero-order valence-electron chi connectivity index (χ0n) is 23.4. The minimum atomic E-state index is -4.10. The van der Waals surface area contributed by atoms with Crippen LogP contribution in [0.2, 0.25) is 5.02 Å². The Hall–Kier alpha value is -3.36. The normalized spacial score (nSPS) is 14.7. The molecular formula is C32H38ClN3O4S. The predicted octanol–water partition coefficient (Wildman–Crippen LogP) is 5.83. The van der Waals surface area contributed by atoms with E-state index in [9.17, 15) is 18.0 Å². The molecule has 2 amide bonds. The van der Waals surface area contributed by atoms with Crippen molar-refractivity contribution in [2.45, 2.75) is 68.8 Å².